The third-order valence-electron chi connectivity index (χ3n) is 2.63. The van der Waals surface area contributed by atoms with E-state index in [2.05, 4.69) is 15.3 Å². The molecule has 0 aliphatic heterocycles. The lowest BCUT2D eigenvalue weighted by molar-refractivity contribution is 0.102. The van der Waals surface area contributed by atoms with Crippen molar-refractivity contribution in [3.63, 3.8) is 0 Å². The minimum Gasteiger partial charge on any atom is -0.495 e. The van der Waals surface area contributed by atoms with Crippen molar-refractivity contribution in [2.24, 2.45) is 5.11 Å². The van der Waals surface area contributed by atoms with Gasteiger partial charge in [0.15, 0.2) is 0 Å². The molecule has 0 atom stereocenters. The monoisotopic (exact) mass is 268 g/mol. The average Bonchev–Trinajstić information content (AvgIpc) is 2.49. The van der Waals surface area contributed by atoms with Crippen LogP contribution in [0, 0.1) is 0 Å². The number of carbonyl (C=O) groups is 1. The molecule has 0 aromatic heterocycles. The fourth-order valence-electron chi connectivity index (χ4n) is 1.69. The Bertz CT molecular complexity index is 664. The molecule has 0 spiro atoms. The highest BCUT2D eigenvalue weighted by Crippen LogP contribution is 2.29. The summed E-state index contributed by atoms with van der Waals surface area (Å²) in [5.74, 6) is 0.230. The number of hydrogen-bond acceptors (Lipinski definition) is 3. The molecular formula is C14H12N4O2. The van der Waals surface area contributed by atoms with E-state index in [1.807, 2.05) is 6.07 Å². The Kier molecular flexibility index (Phi) is 4.21. The number of ether oxygens (including phenoxy) is 1. The van der Waals surface area contributed by atoms with Gasteiger partial charge < -0.3 is 10.1 Å². The number of hydrogen-bond donors (Lipinski definition) is 1. The van der Waals surface area contributed by atoms with E-state index in [0.717, 1.165) is 0 Å². The van der Waals surface area contributed by atoms with Crippen LogP contribution in [-0.4, -0.2) is 13.0 Å². The molecule has 2 rings (SSSR count). The van der Waals surface area contributed by atoms with Gasteiger partial charge in [0.25, 0.3) is 5.91 Å². The van der Waals surface area contributed by atoms with Crippen LogP contribution in [-0.2, 0) is 0 Å². The van der Waals surface area contributed by atoms with E-state index in [-0.39, 0.29) is 5.91 Å². The lowest BCUT2D eigenvalue weighted by Gasteiger charge is -2.10. The van der Waals surface area contributed by atoms with Gasteiger partial charge in [0.1, 0.15) is 5.75 Å². The van der Waals surface area contributed by atoms with Crippen molar-refractivity contribution in [1.82, 2.24) is 0 Å². The third kappa shape index (κ3) is 3.07. The van der Waals surface area contributed by atoms with Crippen LogP contribution in [0.2, 0.25) is 0 Å². The molecule has 0 fully saturated rings. The molecule has 0 saturated heterocycles. The van der Waals surface area contributed by atoms with Crippen LogP contribution in [0.15, 0.2) is 53.6 Å². The van der Waals surface area contributed by atoms with Crippen LogP contribution in [0.5, 0.6) is 5.75 Å². The molecule has 2 aromatic carbocycles. The summed E-state index contributed by atoms with van der Waals surface area (Å²) in [6.07, 6.45) is 0. The Morgan fingerprint density at radius 3 is 2.65 bits per heavy atom. The number of nitrogens with zero attached hydrogens (tertiary/aromatic N) is 3. The summed E-state index contributed by atoms with van der Waals surface area (Å²) in [7, 11) is 1.50. The summed E-state index contributed by atoms with van der Waals surface area (Å²) in [6.45, 7) is 0. The summed E-state index contributed by atoms with van der Waals surface area (Å²) in [4.78, 5) is 14.8. The molecule has 6 nitrogen and oxygen atoms in total. The minimum atomic E-state index is -0.262. The van der Waals surface area contributed by atoms with Gasteiger partial charge in [0.05, 0.1) is 12.8 Å². The van der Waals surface area contributed by atoms with Crippen molar-refractivity contribution in [3.8, 4) is 5.75 Å². The van der Waals surface area contributed by atoms with Crippen molar-refractivity contribution in [1.29, 1.82) is 0 Å². The number of nitrogens with one attached hydrogen (secondary N) is 1. The maximum absolute atomic E-state index is 12.1. The van der Waals surface area contributed by atoms with E-state index in [9.17, 15) is 4.79 Å². The molecule has 0 aliphatic rings. The highest BCUT2D eigenvalue weighted by Gasteiger charge is 2.09. The molecule has 100 valence electrons. The molecule has 0 aliphatic carbocycles. The molecule has 1 amide bonds. The van der Waals surface area contributed by atoms with Gasteiger partial charge in [0.2, 0.25) is 0 Å². The van der Waals surface area contributed by atoms with Gasteiger partial charge in [-0.3, -0.25) is 4.79 Å². The molecular weight excluding hydrogens is 256 g/mol. The summed E-state index contributed by atoms with van der Waals surface area (Å²) in [5.41, 5.74) is 9.82. The molecule has 1 N–H and O–H groups in total. The van der Waals surface area contributed by atoms with Gasteiger partial charge in [-0.15, -0.1) is 0 Å². The van der Waals surface area contributed by atoms with Crippen LogP contribution in [0.1, 0.15) is 10.4 Å². The van der Waals surface area contributed by atoms with Crippen molar-refractivity contribution in [2.75, 3.05) is 12.4 Å². The Morgan fingerprint density at radius 2 is 2.00 bits per heavy atom. The van der Waals surface area contributed by atoms with Gasteiger partial charge in [0, 0.05) is 16.2 Å². The molecule has 2 aromatic rings. The van der Waals surface area contributed by atoms with Crippen LogP contribution in [0.25, 0.3) is 10.4 Å². The lowest BCUT2D eigenvalue weighted by atomic mass is 10.2. The smallest absolute Gasteiger partial charge is 0.255 e. The van der Waals surface area contributed by atoms with E-state index in [1.54, 1.807) is 42.5 Å². The Hall–Kier alpha value is -2.98. The van der Waals surface area contributed by atoms with Gasteiger partial charge >= 0.3 is 0 Å². The van der Waals surface area contributed by atoms with Crippen molar-refractivity contribution in [2.45, 2.75) is 0 Å². The van der Waals surface area contributed by atoms with Crippen LogP contribution in [0.3, 0.4) is 0 Å². The predicted octanol–water partition coefficient (Wildman–Crippen LogP) is 3.89. The number of azide groups is 1. The highest BCUT2D eigenvalue weighted by molar-refractivity contribution is 6.05. The number of methoxy groups -OCH3 is 1. The first-order valence-electron chi connectivity index (χ1n) is 5.84. The van der Waals surface area contributed by atoms with E-state index in [4.69, 9.17) is 10.3 Å². The average molecular weight is 268 g/mol. The first kappa shape index (κ1) is 13.5. The predicted molar refractivity (Wildman–Crippen MR) is 76.2 cm³/mol. The van der Waals surface area contributed by atoms with Crippen molar-refractivity contribution in [3.05, 3.63) is 64.5 Å². The number of anilines is 1. The number of carbonyl (C=O) groups excluding carboxylic acids is 1. The van der Waals surface area contributed by atoms with Crippen molar-refractivity contribution < 1.29 is 9.53 Å². The van der Waals surface area contributed by atoms with Gasteiger partial charge in [-0.2, -0.15) is 0 Å². The fraction of sp³-hybridized carbons (Fsp3) is 0.0714. The second-order valence-electron chi connectivity index (χ2n) is 3.89. The number of rotatable bonds is 4. The molecule has 0 heterocycles. The lowest BCUT2D eigenvalue weighted by Crippen LogP contribution is -2.12. The Morgan fingerprint density at radius 1 is 1.25 bits per heavy atom. The van der Waals surface area contributed by atoms with Gasteiger partial charge in [-0.05, 0) is 35.9 Å². The molecule has 6 heteroatoms. The SMILES string of the molecule is COc1ccc(N=[N+]=[N-])cc1NC(=O)c1ccccc1. The second-order valence-corrected chi connectivity index (χ2v) is 3.89. The maximum atomic E-state index is 12.1. The van der Waals surface area contributed by atoms with E-state index in [0.29, 0.717) is 22.7 Å². The third-order valence-corrected chi connectivity index (χ3v) is 2.63. The minimum absolute atomic E-state index is 0.262. The Balaban J connectivity index is 2.29. The summed E-state index contributed by atoms with van der Waals surface area (Å²) in [6, 6.07) is 13.6. The molecule has 0 saturated carbocycles. The normalized spacial score (nSPS) is 9.45. The summed E-state index contributed by atoms with van der Waals surface area (Å²) >= 11 is 0. The topological polar surface area (TPSA) is 87.1 Å². The zero-order chi connectivity index (χ0) is 14.4. The largest absolute Gasteiger partial charge is 0.495 e. The van der Waals surface area contributed by atoms with Crippen molar-refractivity contribution >= 4 is 17.3 Å². The van der Waals surface area contributed by atoms with E-state index >= 15 is 0 Å². The zero-order valence-electron chi connectivity index (χ0n) is 10.8. The van der Waals surface area contributed by atoms with Gasteiger partial charge in [-0.25, -0.2) is 0 Å². The molecule has 20 heavy (non-hydrogen) atoms. The molecule has 0 unspecified atom stereocenters. The second kappa shape index (κ2) is 6.26. The maximum Gasteiger partial charge on any atom is 0.255 e. The highest BCUT2D eigenvalue weighted by atomic mass is 16.5. The first-order chi connectivity index (χ1) is 9.74. The molecule has 0 bridgehead atoms. The summed E-state index contributed by atoms with van der Waals surface area (Å²) in [5, 5.41) is 6.23. The van der Waals surface area contributed by atoms with E-state index in [1.165, 1.54) is 7.11 Å². The van der Waals surface area contributed by atoms with Gasteiger partial charge in [-0.1, -0.05) is 23.3 Å². The molecule has 0 radical (unpaired) electrons. The van der Waals surface area contributed by atoms with Crippen LogP contribution < -0.4 is 10.1 Å². The van der Waals surface area contributed by atoms with E-state index < -0.39 is 0 Å². The quantitative estimate of drug-likeness (QED) is 0.518. The number of benzene rings is 2. The fourth-order valence-corrected chi connectivity index (χ4v) is 1.69. The first-order valence-corrected chi connectivity index (χ1v) is 5.84. The Labute approximate surface area is 115 Å². The van der Waals surface area contributed by atoms with Crippen LogP contribution in [0.4, 0.5) is 11.4 Å². The van der Waals surface area contributed by atoms with Crippen LogP contribution >= 0.6 is 0 Å². The summed E-state index contributed by atoms with van der Waals surface area (Å²) < 4.78 is 5.17. The zero-order valence-corrected chi connectivity index (χ0v) is 10.8. The standard InChI is InChI=1S/C14H12N4O2/c1-20-13-8-7-11(17-18-15)9-12(13)16-14(19)10-5-3-2-4-6-10/h2-9H,1H3,(H,16,19). The number of amides is 1.